The van der Waals surface area contributed by atoms with E-state index in [4.69, 9.17) is 0 Å². The molecule has 1 aromatic carbocycles. The third-order valence-electron chi connectivity index (χ3n) is 6.74. The van der Waals surface area contributed by atoms with Crippen molar-refractivity contribution >= 4 is 39.8 Å². The smallest absolute Gasteiger partial charge is 0.393 e. The first-order valence-corrected chi connectivity index (χ1v) is 13.1. The molecule has 0 spiro atoms. The van der Waals surface area contributed by atoms with Crippen LogP contribution >= 0.6 is 23.7 Å². The number of aliphatic hydroxyl groups excluding tert-OH is 1. The van der Waals surface area contributed by atoms with E-state index in [2.05, 4.69) is 44.5 Å². The topological polar surface area (TPSA) is 74.2 Å². The fourth-order valence-corrected chi connectivity index (χ4v) is 6.03. The third-order valence-corrected chi connectivity index (χ3v) is 7.78. The van der Waals surface area contributed by atoms with Gasteiger partial charge in [-0.15, -0.1) is 23.7 Å². The number of rotatable bonds is 9. The number of aromatic nitrogens is 3. The molecule has 38 heavy (non-hydrogen) atoms. The second kappa shape index (κ2) is 12.4. The van der Waals surface area contributed by atoms with Gasteiger partial charge in [-0.05, 0) is 48.1 Å². The molecule has 3 aromatic heterocycles. The Morgan fingerprint density at radius 1 is 1.08 bits per heavy atom. The van der Waals surface area contributed by atoms with Crippen LogP contribution in [0.25, 0.3) is 21.3 Å². The normalized spacial score (nSPS) is 17.5. The molecule has 1 saturated carbocycles. The van der Waals surface area contributed by atoms with Gasteiger partial charge in [-0.1, -0.05) is 30.3 Å². The highest BCUT2D eigenvalue weighted by atomic mass is 35.5. The molecule has 0 bridgehead atoms. The zero-order chi connectivity index (χ0) is 25.8. The van der Waals surface area contributed by atoms with E-state index in [0.717, 1.165) is 48.3 Å². The lowest BCUT2D eigenvalue weighted by molar-refractivity contribution is -0.126. The lowest BCUT2D eigenvalue weighted by atomic mass is 10.1. The van der Waals surface area contributed by atoms with Crippen molar-refractivity contribution in [2.24, 2.45) is 0 Å². The Kier molecular flexibility index (Phi) is 9.19. The van der Waals surface area contributed by atoms with Gasteiger partial charge in [-0.2, -0.15) is 13.2 Å². The summed E-state index contributed by atoms with van der Waals surface area (Å²) in [6.07, 6.45) is 2.49. The van der Waals surface area contributed by atoms with Crippen LogP contribution in [0, 0.1) is 0 Å². The fourth-order valence-electron chi connectivity index (χ4n) is 5.01. The van der Waals surface area contributed by atoms with Crippen molar-refractivity contribution in [1.82, 2.24) is 20.3 Å². The summed E-state index contributed by atoms with van der Waals surface area (Å²) in [5, 5.41) is 14.0. The van der Waals surface area contributed by atoms with E-state index in [1.165, 1.54) is 11.9 Å². The molecule has 3 heterocycles. The molecule has 6 nitrogen and oxygen atoms in total. The number of hydrogen-bond acceptors (Lipinski definition) is 7. The number of halogens is 4. The van der Waals surface area contributed by atoms with Crippen LogP contribution in [0.5, 0.6) is 0 Å². The van der Waals surface area contributed by atoms with E-state index in [1.54, 1.807) is 12.3 Å². The first-order chi connectivity index (χ1) is 17.9. The van der Waals surface area contributed by atoms with Gasteiger partial charge in [0, 0.05) is 42.4 Å². The number of benzene rings is 1. The SMILES string of the molecule is Cl.OCCN(c1ncnc2sc(CC(F)(F)F)cc12)[C@@H]1CC[C@H](NCc2ccc(-c3cccnc3)cc2)C1. The standard InChI is InChI=1S/C27H28F3N5OS.ClH/c28-27(29,30)14-23-13-24-25(33-17-34-26(24)37-23)35(10-11-36)22-8-7-21(12-22)32-15-18-3-5-19(6-4-18)20-2-1-9-31-16-20;/h1-6,9,13,16-17,21-22,32,36H,7-8,10-12,14-15H2;1H/t21-,22+;/m0./s1. The van der Waals surface area contributed by atoms with Gasteiger partial charge in [0.1, 0.15) is 17.0 Å². The number of fused-ring (bicyclic) bond motifs is 1. The van der Waals surface area contributed by atoms with Crippen molar-refractivity contribution in [1.29, 1.82) is 0 Å². The average molecular weight is 564 g/mol. The maximum atomic E-state index is 12.9. The van der Waals surface area contributed by atoms with Crippen LogP contribution in [-0.2, 0) is 13.0 Å². The Labute approximate surface area is 229 Å². The molecule has 0 unspecified atom stereocenters. The Morgan fingerprint density at radius 2 is 1.89 bits per heavy atom. The van der Waals surface area contributed by atoms with E-state index in [-0.39, 0.29) is 29.9 Å². The quantitative estimate of drug-likeness (QED) is 0.268. The predicted octanol–water partition coefficient (Wildman–Crippen LogP) is 5.79. The molecule has 0 amide bonds. The van der Waals surface area contributed by atoms with Crippen molar-refractivity contribution in [3.05, 3.63) is 71.6 Å². The summed E-state index contributed by atoms with van der Waals surface area (Å²) in [4.78, 5) is 15.6. The summed E-state index contributed by atoms with van der Waals surface area (Å²) in [6.45, 7) is 1.04. The minimum Gasteiger partial charge on any atom is -0.395 e. The zero-order valence-electron chi connectivity index (χ0n) is 20.6. The van der Waals surface area contributed by atoms with E-state index in [1.807, 2.05) is 23.2 Å². The number of alkyl halides is 3. The monoisotopic (exact) mass is 563 g/mol. The van der Waals surface area contributed by atoms with Crippen molar-refractivity contribution in [2.75, 3.05) is 18.1 Å². The minimum absolute atomic E-state index is 0. The summed E-state index contributed by atoms with van der Waals surface area (Å²) >= 11 is 1.05. The molecule has 2 atom stereocenters. The zero-order valence-corrected chi connectivity index (χ0v) is 22.2. The highest BCUT2D eigenvalue weighted by molar-refractivity contribution is 7.18. The molecular weight excluding hydrogens is 535 g/mol. The Morgan fingerprint density at radius 3 is 2.61 bits per heavy atom. The molecule has 1 aliphatic rings. The van der Waals surface area contributed by atoms with Gasteiger partial charge < -0.3 is 15.3 Å². The highest BCUT2D eigenvalue weighted by Crippen LogP contribution is 2.36. The number of pyridine rings is 1. The molecule has 1 aliphatic carbocycles. The maximum absolute atomic E-state index is 12.9. The van der Waals surface area contributed by atoms with Gasteiger partial charge >= 0.3 is 6.18 Å². The number of anilines is 1. The molecule has 0 radical (unpaired) electrons. The van der Waals surface area contributed by atoms with Crippen LogP contribution in [0.3, 0.4) is 0 Å². The first kappa shape index (κ1) is 28.2. The summed E-state index contributed by atoms with van der Waals surface area (Å²) in [7, 11) is 0. The second-order valence-electron chi connectivity index (χ2n) is 9.32. The van der Waals surface area contributed by atoms with Gasteiger partial charge in [0.05, 0.1) is 18.4 Å². The number of nitrogens with zero attached hydrogens (tertiary/aromatic N) is 4. The number of hydrogen-bond donors (Lipinski definition) is 2. The van der Waals surface area contributed by atoms with E-state index < -0.39 is 12.6 Å². The van der Waals surface area contributed by atoms with Crippen molar-refractivity contribution in [2.45, 2.75) is 50.5 Å². The Bertz CT molecular complexity index is 1320. The van der Waals surface area contributed by atoms with Gasteiger partial charge in [0.25, 0.3) is 0 Å². The molecule has 11 heteroatoms. The van der Waals surface area contributed by atoms with E-state index in [0.29, 0.717) is 28.6 Å². The lowest BCUT2D eigenvalue weighted by Crippen LogP contribution is -2.38. The van der Waals surface area contributed by atoms with Crippen LogP contribution in [0.4, 0.5) is 19.0 Å². The Balaban J connectivity index is 0.00000336. The molecule has 2 N–H and O–H groups in total. The predicted molar refractivity (Wildman–Crippen MR) is 147 cm³/mol. The summed E-state index contributed by atoms with van der Waals surface area (Å²) < 4.78 is 38.8. The largest absolute Gasteiger partial charge is 0.395 e. The molecule has 202 valence electrons. The molecule has 1 fully saturated rings. The first-order valence-electron chi connectivity index (χ1n) is 12.3. The Hall–Kier alpha value is -2.79. The number of aliphatic hydroxyl groups is 1. The molecule has 4 aromatic rings. The molecule has 0 saturated heterocycles. The fraction of sp³-hybridized carbons (Fsp3) is 0.370. The lowest BCUT2D eigenvalue weighted by Gasteiger charge is -2.30. The highest BCUT2D eigenvalue weighted by Gasteiger charge is 2.32. The van der Waals surface area contributed by atoms with Crippen LogP contribution in [0.1, 0.15) is 29.7 Å². The summed E-state index contributed by atoms with van der Waals surface area (Å²) in [6, 6.07) is 14.4. The van der Waals surface area contributed by atoms with Crippen LogP contribution in [-0.4, -0.2) is 51.5 Å². The second-order valence-corrected chi connectivity index (χ2v) is 10.4. The van der Waals surface area contributed by atoms with Crippen molar-refractivity contribution < 1.29 is 18.3 Å². The van der Waals surface area contributed by atoms with Crippen molar-refractivity contribution in [3.63, 3.8) is 0 Å². The van der Waals surface area contributed by atoms with Crippen molar-refractivity contribution in [3.8, 4) is 11.1 Å². The van der Waals surface area contributed by atoms with Gasteiger partial charge in [0.2, 0.25) is 0 Å². The van der Waals surface area contributed by atoms with E-state index in [9.17, 15) is 18.3 Å². The minimum atomic E-state index is -4.28. The molecular formula is C27H29ClF3N5OS. The van der Waals surface area contributed by atoms with Gasteiger partial charge in [0.15, 0.2) is 0 Å². The van der Waals surface area contributed by atoms with Crippen LogP contribution in [0.15, 0.2) is 61.2 Å². The molecule has 0 aliphatic heterocycles. The van der Waals surface area contributed by atoms with Crippen LogP contribution in [0.2, 0.25) is 0 Å². The third kappa shape index (κ3) is 6.79. The van der Waals surface area contributed by atoms with Gasteiger partial charge in [-0.25, -0.2) is 9.97 Å². The number of nitrogens with one attached hydrogen (secondary N) is 1. The van der Waals surface area contributed by atoms with Gasteiger partial charge in [-0.3, -0.25) is 4.98 Å². The molecule has 5 rings (SSSR count). The summed E-state index contributed by atoms with van der Waals surface area (Å²) in [5.74, 6) is 0.598. The summed E-state index contributed by atoms with van der Waals surface area (Å²) in [5.41, 5.74) is 3.40. The van der Waals surface area contributed by atoms with E-state index >= 15 is 0 Å². The average Bonchev–Trinajstić information content (AvgIpc) is 3.52. The van der Waals surface area contributed by atoms with Crippen LogP contribution < -0.4 is 10.2 Å². The maximum Gasteiger partial charge on any atom is 0.393 e. The number of thiophene rings is 1.